The van der Waals surface area contributed by atoms with Gasteiger partial charge in [0.15, 0.2) is 0 Å². The van der Waals surface area contributed by atoms with Crippen LogP contribution in [0.1, 0.15) is 36.9 Å². The van der Waals surface area contributed by atoms with E-state index >= 15 is 0 Å². The van der Waals surface area contributed by atoms with Gasteiger partial charge >= 0.3 is 0 Å². The summed E-state index contributed by atoms with van der Waals surface area (Å²) in [4.78, 5) is 21.2. The fraction of sp³-hybridized carbons (Fsp3) is 0.348. The zero-order valence-corrected chi connectivity index (χ0v) is 17.0. The molecule has 0 bridgehead atoms. The van der Waals surface area contributed by atoms with Gasteiger partial charge in [0.05, 0.1) is 12.2 Å². The van der Waals surface area contributed by atoms with Gasteiger partial charge in [-0.2, -0.15) is 5.10 Å². The number of carbonyl (C=O) groups is 1. The van der Waals surface area contributed by atoms with Crippen molar-refractivity contribution in [3.8, 4) is 5.69 Å². The first-order valence-electron chi connectivity index (χ1n) is 10.1. The summed E-state index contributed by atoms with van der Waals surface area (Å²) in [7, 11) is 2.02. The molecule has 0 aliphatic heterocycles. The average molecular weight is 390 g/mol. The van der Waals surface area contributed by atoms with Crippen LogP contribution in [0.3, 0.4) is 0 Å². The largest absolute Gasteiger partial charge is 0.334 e. The maximum absolute atomic E-state index is 13.1. The molecule has 4 rings (SSSR count). The van der Waals surface area contributed by atoms with Crippen LogP contribution < -0.4 is 0 Å². The van der Waals surface area contributed by atoms with Crippen LogP contribution in [0.4, 0.5) is 0 Å². The molecule has 6 heteroatoms. The fourth-order valence-corrected chi connectivity index (χ4v) is 3.53. The van der Waals surface area contributed by atoms with Crippen LogP contribution in [0.15, 0.2) is 67.3 Å². The Morgan fingerprint density at radius 1 is 1.14 bits per heavy atom. The quantitative estimate of drug-likeness (QED) is 0.592. The van der Waals surface area contributed by atoms with Crippen molar-refractivity contribution in [2.45, 2.75) is 38.4 Å². The molecule has 0 radical (unpaired) electrons. The van der Waals surface area contributed by atoms with E-state index in [9.17, 15) is 4.79 Å². The third-order valence-corrected chi connectivity index (χ3v) is 5.61. The molecule has 29 heavy (non-hydrogen) atoms. The summed E-state index contributed by atoms with van der Waals surface area (Å²) in [6, 6.07) is 19.0. The van der Waals surface area contributed by atoms with Crippen molar-refractivity contribution in [2.75, 3.05) is 13.6 Å². The Balaban J connectivity index is 1.39. The number of aromatic nitrogens is 3. The van der Waals surface area contributed by atoms with E-state index in [0.717, 1.165) is 18.5 Å². The normalized spacial score (nSPS) is 14.7. The third-order valence-electron chi connectivity index (χ3n) is 5.61. The number of hydrogen-bond acceptors (Lipinski definition) is 4. The fourth-order valence-electron chi connectivity index (χ4n) is 3.53. The lowest BCUT2D eigenvalue weighted by Crippen LogP contribution is -2.40. The zero-order chi connectivity index (χ0) is 20.2. The molecule has 0 N–H and O–H groups in total. The van der Waals surface area contributed by atoms with Crippen molar-refractivity contribution >= 4 is 5.91 Å². The van der Waals surface area contributed by atoms with Gasteiger partial charge in [0.2, 0.25) is 5.91 Å². The van der Waals surface area contributed by atoms with E-state index in [2.05, 4.69) is 46.2 Å². The molecule has 1 saturated carbocycles. The van der Waals surface area contributed by atoms with Crippen LogP contribution in [0.5, 0.6) is 0 Å². The van der Waals surface area contributed by atoms with E-state index < -0.39 is 0 Å². The van der Waals surface area contributed by atoms with Crippen molar-refractivity contribution < 1.29 is 4.79 Å². The minimum Gasteiger partial charge on any atom is -0.334 e. The molecular formula is C23H27N5O. The van der Waals surface area contributed by atoms with Crippen LogP contribution in [0.25, 0.3) is 5.69 Å². The predicted octanol–water partition coefficient (Wildman–Crippen LogP) is 3.45. The monoisotopic (exact) mass is 389 g/mol. The number of hydrogen-bond donors (Lipinski definition) is 0. The smallest absolute Gasteiger partial charge is 0.237 e. The van der Waals surface area contributed by atoms with Crippen LogP contribution >= 0.6 is 0 Å². The molecule has 0 spiro atoms. The summed E-state index contributed by atoms with van der Waals surface area (Å²) in [5.74, 6) is 0.199. The Labute approximate surface area is 171 Å². The Hall–Kier alpha value is -2.99. The number of benzene rings is 2. The highest BCUT2D eigenvalue weighted by molar-refractivity contribution is 5.79. The van der Waals surface area contributed by atoms with Crippen LogP contribution in [-0.2, 0) is 11.3 Å². The molecule has 1 unspecified atom stereocenters. The van der Waals surface area contributed by atoms with Crippen molar-refractivity contribution in [1.82, 2.24) is 24.6 Å². The predicted molar refractivity (Wildman–Crippen MR) is 112 cm³/mol. The molecule has 2 aromatic carbocycles. The zero-order valence-electron chi connectivity index (χ0n) is 17.0. The SMILES string of the molecule is CC(c1ccc(-n2cncn2)cc1)N(C)CC(=O)N(Cc1ccccc1)C1CC1. The topological polar surface area (TPSA) is 54.3 Å². The Kier molecular flexibility index (Phi) is 5.71. The van der Waals surface area contributed by atoms with E-state index in [-0.39, 0.29) is 11.9 Å². The number of amides is 1. The first-order chi connectivity index (χ1) is 14.1. The van der Waals surface area contributed by atoms with Crippen molar-refractivity contribution in [3.05, 3.63) is 78.4 Å². The highest BCUT2D eigenvalue weighted by atomic mass is 16.2. The van der Waals surface area contributed by atoms with Crippen molar-refractivity contribution in [3.63, 3.8) is 0 Å². The van der Waals surface area contributed by atoms with Crippen molar-refractivity contribution in [2.24, 2.45) is 0 Å². The van der Waals surface area contributed by atoms with Crippen LogP contribution in [0, 0.1) is 0 Å². The summed E-state index contributed by atoms with van der Waals surface area (Å²) >= 11 is 0. The van der Waals surface area contributed by atoms with Crippen molar-refractivity contribution in [1.29, 1.82) is 0 Å². The Morgan fingerprint density at radius 2 is 1.86 bits per heavy atom. The number of likely N-dealkylation sites (N-methyl/N-ethyl adjacent to an activating group) is 1. The maximum atomic E-state index is 13.1. The van der Waals surface area contributed by atoms with E-state index in [4.69, 9.17) is 0 Å². The van der Waals surface area contributed by atoms with Gasteiger partial charge in [-0.25, -0.2) is 9.67 Å². The molecule has 1 atom stereocenters. The maximum Gasteiger partial charge on any atom is 0.237 e. The molecule has 3 aromatic rings. The minimum absolute atomic E-state index is 0.140. The molecule has 150 valence electrons. The van der Waals surface area contributed by atoms with Gasteiger partial charge in [-0.05, 0) is 50.1 Å². The standard InChI is InChI=1S/C23H27N5O/c1-18(20-8-10-22(11-9-20)28-17-24-16-25-28)26(2)15-23(29)27(21-12-13-21)14-19-6-4-3-5-7-19/h3-11,16-18,21H,12-15H2,1-2H3. The van der Waals surface area contributed by atoms with Gasteiger partial charge in [-0.15, -0.1) is 0 Å². The highest BCUT2D eigenvalue weighted by Crippen LogP contribution is 2.29. The van der Waals surface area contributed by atoms with E-state index in [1.165, 1.54) is 17.5 Å². The molecule has 1 fully saturated rings. The van der Waals surface area contributed by atoms with E-state index in [1.807, 2.05) is 42.3 Å². The number of carbonyl (C=O) groups excluding carboxylic acids is 1. The second-order valence-electron chi connectivity index (χ2n) is 7.76. The van der Waals surface area contributed by atoms with E-state index in [1.54, 1.807) is 11.0 Å². The van der Waals surface area contributed by atoms with Gasteiger partial charge in [-0.1, -0.05) is 42.5 Å². The second kappa shape index (κ2) is 8.57. The summed E-state index contributed by atoms with van der Waals surface area (Å²) < 4.78 is 1.73. The first-order valence-corrected chi connectivity index (χ1v) is 10.1. The molecule has 0 saturated heterocycles. The van der Waals surface area contributed by atoms with Gasteiger partial charge in [0.25, 0.3) is 0 Å². The van der Waals surface area contributed by atoms with Crippen LogP contribution in [-0.4, -0.2) is 50.1 Å². The van der Waals surface area contributed by atoms with Gasteiger partial charge in [-0.3, -0.25) is 9.69 Å². The molecule has 1 heterocycles. The van der Waals surface area contributed by atoms with Gasteiger partial charge < -0.3 is 4.90 Å². The van der Waals surface area contributed by atoms with Crippen LogP contribution in [0.2, 0.25) is 0 Å². The average Bonchev–Trinajstić information content (AvgIpc) is 3.44. The summed E-state index contributed by atoms with van der Waals surface area (Å²) in [6.07, 6.45) is 5.43. The van der Waals surface area contributed by atoms with Gasteiger partial charge in [0, 0.05) is 18.6 Å². The summed E-state index contributed by atoms with van der Waals surface area (Å²) in [6.45, 7) is 3.24. The Morgan fingerprint density at radius 3 is 2.48 bits per heavy atom. The molecule has 1 aromatic heterocycles. The number of rotatable bonds is 8. The molecule has 1 amide bonds. The Bertz CT molecular complexity index is 920. The first kappa shape index (κ1) is 19.3. The lowest BCUT2D eigenvalue weighted by Gasteiger charge is -2.29. The molecule has 1 aliphatic carbocycles. The minimum atomic E-state index is 0.140. The molecule has 6 nitrogen and oxygen atoms in total. The third kappa shape index (κ3) is 4.71. The molecular weight excluding hydrogens is 362 g/mol. The second-order valence-corrected chi connectivity index (χ2v) is 7.76. The van der Waals surface area contributed by atoms with Gasteiger partial charge in [0.1, 0.15) is 12.7 Å². The van der Waals surface area contributed by atoms with E-state index in [0.29, 0.717) is 19.1 Å². The summed E-state index contributed by atoms with van der Waals surface area (Å²) in [5, 5.41) is 4.16. The summed E-state index contributed by atoms with van der Waals surface area (Å²) in [5.41, 5.74) is 3.33. The lowest BCUT2D eigenvalue weighted by atomic mass is 10.1. The lowest BCUT2D eigenvalue weighted by molar-refractivity contribution is -0.133. The molecule has 1 aliphatic rings. The highest BCUT2D eigenvalue weighted by Gasteiger charge is 2.33. The number of nitrogens with zero attached hydrogens (tertiary/aromatic N) is 5.